The summed E-state index contributed by atoms with van der Waals surface area (Å²) in [6.07, 6.45) is -1.15. The van der Waals surface area contributed by atoms with Gasteiger partial charge in [-0.05, 0) is 6.42 Å². The van der Waals surface area contributed by atoms with E-state index >= 15 is 0 Å². The third-order valence-electron chi connectivity index (χ3n) is 3.42. The summed E-state index contributed by atoms with van der Waals surface area (Å²) in [6.45, 7) is 7.70. The van der Waals surface area contributed by atoms with Crippen LogP contribution in [0.2, 0.25) is 0 Å². The second-order valence-corrected chi connectivity index (χ2v) is 5.22. The maximum atomic E-state index is 11.4. The van der Waals surface area contributed by atoms with Gasteiger partial charge >= 0.3 is 11.9 Å². The minimum Gasteiger partial charge on any atom is -0.460 e. The smallest absolute Gasteiger partial charge is 0.305 e. The highest BCUT2D eigenvalue weighted by Crippen LogP contribution is 2.30. The average Bonchev–Trinajstić information content (AvgIpc) is 2.35. The van der Waals surface area contributed by atoms with Gasteiger partial charge in [-0.3, -0.25) is 14.4 Å². The SMILES string of the molecule is CC[C@H]1O[C@@H](OC(C)=O)[C@H](NC(C)=O)[C@@H](OC(C)=O)[C@@H]1C. The van der Waals surface area contributed by atoms with Gasteiger partial charge in [-0.25, -0.2) is 0 Å². The van der Waals surface area contributed by atoms with Crippen molar-refractivity contribution in [3.8, 4) is 0 Å². The van der Waals surface area contributed by atoms with E-state index in [0.29, 0.717) is 6.42 Å². The first-order valence-electron chi connectivity index (χ1n) is 7.03. The molecule has 1 N–H and O–H groups in total. The van der Waals surface area contributed by atoms with E-state index in [1.807, 2.05) is 13.8 Å². The Morgan fingerprint density at radius 2 is 1.67 bits per heavy atom. The zero-order chi connectivity index (χ0) is 16.2. The van der Waals surface area contributed by atoms with E-state index in [-0.39, 0.29) is 17.9 Å². The Balaban J connectivity index is 3.05. The van der Waals surface area contributed by atoms with E-state index in [2.05, 4.69) is 5.32 Å². The summed E-state index contributed by atoms with van der Waals surface area (Å²) in [4.78, 5) is 33.9. The Morgan fingerprint density at radius 1 is 1.10 bits per heavy atom. The van der Waals surface area contributed by atoms with Crippen molar-refractivity contribution in [2.45, 2.75) is 65.6 Å². The Kier molecular flexibility index (Phi) is 6.14. The molecule has 0 aromatic carbocycles. The molecule has 1 aliphatic heterocycles. The van der Waals surface area contributed by atoms with Gasteiger partial charge in [0.1, 0.15) is 12.1 Å². The topological polar surface area (TPSA) is 90.9 Å². The summed E-state index contributed by atoms with van der Waals surface area (Å²) < 4.78 is 16.2. The normalized spacial score (nSPS) is 32.1. The molecule has 120 valence electrons. The molecule has 0 unspecified atom stereocenters. The van der Waals surface area contributed by atoms with E-state index in [1.54, 1.807) is 0 Å². The summed E-state index contributed by atoms with van der Waals surface area (Å²) in [5, 5.41) is 2.65. The van der Waals surface area contributed by atoms with Gasteiger partial charge in [0.05, 0.1) is 6.10 Å². The molecular formula is C14H23NO6. The molecule has 1 heterocycles. The Hall–Kier alpha value is -1.63. The summed E-state index contributed by atoms with van der Waals surface area (Å²) in [6, 6.07) is -0.729. The predicted molar refractivity (Wildman–Crippen MR) is 73.0 cm³/mol. The molecule has 0 aromatic rings. The molecule has 0 radical (unpaired) electrons. The van der Waals surface area contributed by atoms with E-state index in [4.69, 9.17) is 14.2 Å². The van der Waals surface area contributed by atoms with E-state index in [0.717, 1.165) is 0 Å². The van der Waals surface area contributed by atoms with E-state index in [9.17, 15) is 14.4 Å². The number of hydrogen-bond donors (Lipinski definition) is 1. The number of hydrogen-bond acceptors (Lipinski definition) is 6. The predicted octanol–water partition coefficient (Wildman–Crippen LogP) is 0.757. The first-order valence-corrected chi connectivity index (χ1v) is 7.03. The van der Waals surface area contributed by atoms with Gasteiger partial charge in [-0.1, -0.05) is 13.8 Å². The molecule has 0 aromatic heterocycles. The van der Waals surface area contributed by atoms with Crippen LogP contribution in [0.1, 0.15) is 41.0 Å². The highest BCUT2D eigenvalue weighted by Gasteiger charge is 2.47. The second-order valence-electron chi connectivity index (χ2n) is 5.22. The Morgan fingerprint density at radius 3 is 2.10 bits per heavy atom. The van der Waals surface area contributed by atoms with Gasteiger partial charge in [0.25, 0.3) is 0 Å². The number of ether oxygens (including phenoxy) is 3. The summed E-state index contributed by atoms with van der Waals surface area (Å²) in [5.41, 5.74) is 0. The first kappa shape index (κ1) is 17.4. The molecule has 21 heavy (non-hydrogen) atoms. The molecule has 5 atom stereocenters. The zero-order valence-electron chi connectivity index (χ0n) is 13.0. The molecule has 0 bridgehead atoms. The number of nitrogens with one attached hydrogen (secondary N) is 1. The zero-order valence-corrected chi connectivity index (χ0v) is 13.0. The lowest BCUT2D eigenvalue weighted by atomic mass is 9.87. The maximum Gasteiger partial charge on any atom is 0.305 e. The monoisotopic (exact) mass is 301 g/mol. The molecule has 0 spiro atoms. The van der Waals surface area contributed by atoms with Crippen molar-refractivity contribution >= 4 is 17.8 Å². The fourth-order valence-electron chi connectivity index (χ4n) is 2.56. The average molecular weight is 301 g/mol. The van der Waals surface area contributed by atoms with Gasteiger partial charge in [0.2, 0.25) is 12.2 Å². The molecule has 0 saturated carbocycles. The van der Waals surface area contributed by atoms with Crippen LogP contribution in [0.3, 0.4) is 0 Å². The lowest BCUT2D eigenvalue weighted by Gasteiger charge is -2.44. The number of amides is 1. The van der Waals surface area contributed by atoms with Crippen LogP contribution in [0.5, 0.6) is 0 Å². The van der Waals surface area contributed by atoms with Crippen molar-refractivity contribution in [1.82, 2.24) is 5.32 Å². The molecule has 1 aliphatic rings. The Bertz CT molecular complexity index is 410. The number of rotatable bonds is 4. The van der Waals surface area contributed by atoms with Crippen molar-refractivity contribution in [2.24, 2.45) is 5.92 Å². The summed E-state index contributed by atoms with van der Waals surface area (Å²) in [5.74, 6) is -1.44. The fourth-order valence-corrected chi connectivity index (χ4v) is 2.56. The quantitative estimate of drug-likeness (QED) is 0.771. The van der Waals surface area contributed by atoms with Crippen LogP contribution in [0.4, 0.5) is 0 Å². The third-order valence-corrected chi connectivity index (χ3v) is 3.42. The molecule has 1 fully saturated rings. The molecule has 1 rings (SSSR count). The lowest BCUT2D eigenvalue weighted by Crippen LogP contribution is -2.62. The Labute approximate surface area is 124 Å². The standard InChI is InChI=1S/C14H23NO6/c1-6-11-7(2)13(19-9(4)17)12(15-8(3)16)14(21-11)20-10(5)18/h7,11-14H,6H2,1-5H3,(H,15,16)/t7-,11-,12-,13+,14-/m1/s1. The van der Waals surface area contributed by atoms with Crippen molar-refractivity contribution in [2.75, 3.05) is 0 Å². The number of carbonyl (C=O) groups excluding carboxylic acids is 3. The van der Waals surface area contributed by atoms with Crippen LogP contribution >= 0.6 is 0 Å². The summed E-state index contributed by atoms with van der Waals surface area (Å²) >= 11 is 0. The molecular weight excluding hydrogens is 278 g/mol. The van der Waals surface area contributed by atoms with Crippen molar-refractivity contribution in [3.05, 3.63) is 0 Å². The third kappa shape index (κ3) is 4.70. The van der Waals surface area contributed by atoms with Crippen LogP contribution in [-0.2, 0) is 28.6 Å². The molecule has 7 nitrogen and oxygen atoms in total. The fraction of sp³-hybridized carbons (Fsp3) is 0.786. The van der Waals surface area contributed by atoms with Gasteiger partial charge < -0.3 is 19.5 Å². The minimum absolute atomic E-state index is 0.137. The first-order chi connectivity index (χ1) is 9.76. The highest BCUT2D eigenvalue weighted by molar-refractivity contribution is 5.73. The van der Waals surface area contributed by atoms with Crippen molar-refractivity contribution in [1.29, 1.82) is 0 Å². The van der Waals surface area contributed by atoms with Gasteiger partial charge in [0.15, 0.2) is 0 Å². The van der Waals surface area contributed by atoms with E-state index < -0.39 is 30.4 Å². The maximum absolute atomic E-state index is 11.4. The molecule has 7 heteroatoms. The van der Waals surface area contributed by atoms with Crippen molar-refractivity contribution < 1.29 is 28.6 Å². The summed E-state index contributed by atoms with van der Waals surface area (Å²) in [7, 11) is 0. The molecule has 1 saturated heterocycles. The number of esters is 2. The molecule has 0 aliphatic carbocycles. The largest absolute Gasteiger partial charge is 0.460 e. The van der Waals surface area contributed by atoms with Gasteiger partial charge in [-0.15, -0.1) is 0 Å². The van der Waals surface area contributed by atoms with Gasteiger partial charge in [-0.2, -0.15) is 0 Å². The van der Waals surface area contributed by atoms with Crippen LogP contribution in [-0.4, -0.2) is 42.4 Å². The minimum atomic E-state index is -0.975. The number of carbonyl (C=O) groups is 3. The van der Waals surface area contributed by atoms with Crippen LogP contribution in [0, 0.1) is 5.92 Å². The molecule has 1 amide bonds. The highest BCUT2D eigenvalue weighted by atomic mass is 16.7. The van der Waals surface area contributed by atoms with Crippen LogP contribution < -0.4 is 5.32 Å². The second kappa shape index (κ2) is 7.40. The van der Waals surface area contributed by atoms with E-state index in [1.165, 1.54) is 20.8 Å². The van der Waals surface area contributed by atoms with Crippen LogP contribution in [0.15, 0.2) is 0 Å². The van der Waals surface area contributed by atoms with Crippen LogP contribution in [0.25, 0.3) is 0 Å². The lowest BCUT2D eigenvalue weighted by molar-refractivity contribution is -0.246. The van der Waals surface area contributed by atoms with Gasteiger partial charge in [0, 0.05) is 26.7 Å². The van der Waals surface area contributed by atoms with Crippen molar-refractivity contribution in [3.63, 3.8) is 0 Å².